The van der Waals surface area contributed by atoms with Crippen molar-refractivity contribution in [1.29, 1.82) is 0 Å². The number of allylic oxidation sites excluding steroid dienone is 3. The molecule has 0 bridgehead atoms. The van der Waals surface area contributed by atoms with E-state index in [4.69, 9.17) is 9.47 Å². The molecule has 0 aromatic heterocycles. The average Bonchev–Trinajstić information content (AvgIpc) is 3.13. The molecule has 0 aliphatic carbocycles. The predicted molar refractivity (Wildman–Crippen MR) is 207 cm³/mol. The van der Waals surface area contributed by atoms with E-state index >= 15 is 0 Å². The molecule has 1 heterocycles. The van der Waals surface area contributed by atoms with Gasteiger partial charge in [-0.05, 0) is 32.1 Å². The summed E-state index contributed by atoms with van der Waals surface area (Å²) in [6.07, 6.45) is 30.9. The van der Waals surface area contributed by atoms with Gasteiger partial charge in [0, 0.05) is 6.42 Å². The third kappa shape index (κ3) is 24.6. The molecule has 300 valence electrons. The monoisotopic (exact) mass is 726 g/mol. The van der Waals surface area contributed by atoms with Crippen LogP contribution in [0.3, 0.4) is 0 Å². The van der Waals surface area contributed by atoms with Crippen LogP contribution < -0.4 is 5.32 Å². The van der Waals surface area contributed by atoms with Crippen molar-refractivity contribution in [2.45, 2.75) is 224 Å². The molecule has 1 amide bonds. The van der Waals surface area contributed by atoms with E-state index in [1.165, 1.54) is 122 Å². The first kappa shape index (κ1) is 47.7. The second-order valence-corrected chi connectivity index (χ2v) is 14.8. The molecule has 1 fully saturated rings. The van der Waals surface area contributed by atoms with E-state index in [1.807, 2.05) is 6.08 Å². The smallest absolute Gasteiger partial charge is 0.220 e. The van der Waals surface area contributed by atoms with E-state index in [9.17, 15) is 30.3 Å². The fraction of sp³-hybridized carbons (Fsp3) is 0.881. The number of aliphatic hydroxyl groups is 5. The van der Waals surface area contributed by atoms with E-state index in [-0.39, 0.29) is 12.5 Å². The Morgan fingerprint density at radius 2 is 1.12 bits per heavy atom. The van der Waals surface area contributed by atoms with Gasteiger partial charge >= 0.3 is 0 Å². The Morgan fingerprint density at radius 1 is 0.647 bits per heavy atom. The highest BCUT2D eigenvalue weighted by atomic mass is 16.7. The van der Waals surface area contributed by atoms with Crippen molar-refractivity contribution >= 4 is 5.91 Å². The van der Waals surface area contributed by atoms with Crippen molar-refractivity contribution in [2.24, 2.45) is 0 Å². The molecule has 1 aliphatic rings. The molecular formula is C42H79NO8. The molecule has 0 saturated carbocycles. The summed E-state index contributed by atoms with van der Waals surface area (Å²) in [7, 11) is 0. The first-order valence-electron chi connectivity index (χ1n) is 21.1. The fourth-order valence-electron chi connectivity index (χ4n) is 6.58. The summed E-state index contributed by atoms with van der Waals surface area (Å²) in [6, 6.07) is -0.814. The lowest BCUT2D eigenvalue weighted by Gasteiger charge is -2.40. The van der Waals surface area contributed by atoms with Crippen LogP contribution in [-0.2, 0) is 14.3 Å². The van der Waals surface area contributed by atoms with Gasteiger partial charge in [-0.3, -0.25) is 4.79 Å². The Labute approximate surface area is 311 Å². The molecule has 7 atom stereocenters. The number of carbonyl (C=O) groups is 1. The zero-order chi connectivity index (χ0) is 37.4. The molecule has 51 heavy (non-hydrogen) atoms. The van der Waals surface area contributed by atoms with Gasteiger partial charge in [0.15, 0.2) is 6.29 Å². The minimum absolute atomic E-state index is 0.188. The molecule has 0 aromatic carbocycles. The Hall–Kier alpha value is -1.33. The number of ether oxygens (including phenoxy) is 2. The van der Waals surface area contributed by atoms with Crippen LogP contribution in [0, 0.1) is 0 Å². The van der Waals surface area contributed by atoms with Gasteiger partial charge in [-0.1, -0.05) is 167 Å². The van der Waals surface area contributed by atoms with Crippen LogP contribution in [0.2, 0.25) is 0 Å². The second-order valence-electron chi connectivity index (χ2n) is 14.8. The molecule has 0 aromatic rings. The molecule has 1 aliphatic heterocycles. The zero-order valence-corrected chi connectivity index (χ0v) is 32.6. The minimum atomic E-state index is -1.57. The molecule has 6 N–H and O–H groups in total. The first-order valence-corrected chi connectivity index (χ1v) is 21.1. The van der Waals surface area contributed by atoms with Crippen LogP contribution >= 0.6 is 0 Å². The average molecular weight is 726 g/mol. The van der Waals surface area contributed by atoms with E-state index in [1.54, 1.807) is 6.08 Å². The predicted octanol–water partition coefficient (Wildman–Crippen LogP) is 7.94. The molecule has 1 rings (SSSR count). The van der Waals surface area contributed by atoms with Crippen molar-refractivity contribution in [2.75, 3.05) is 13.2 Å². The highest BCUT2D eigenvalue weighted by Gasteiger charge is 2.44. The molecule has 1 saturated heterocycles. The largest absolute Gasteiger partial charge is 0.394 e. The lowest BCUT2D eigenvalue weighted by Crippen LogP contribution is -2.60. The number of amides is 1. The number of rotatable bonds is 34. The van der Waals surface area contributed by atoms with E-state index in [2.05, 4.69) is 31.3 Å². The third-order valence-electron chi connectivity index (χ3n) is 10.0. The quantitative estimate of drug-likeness (QED) is 0.0289. The number of hydrogen-bond acceptors (Lipinski definition) is 8. The summed E-state index contributed by atoms with van der Waals surface area (Å²) in [5, 5.41) is 53.9. The Morgan fingerprint density at radius 3 is 1.65 bits per heavy atom. The molecular weight excluding hydrogens is 646 g/mol. The lowest BCUT2D eigenvalue weighted by atomic mass is 9.99. The van der Waals surface area contributed by atoms with Gasteiger partial charge in [0.05, 0.1) is 25.4 Å². The number of nitrogens with one attached hydrogen (secondary N) is 1. The van der Waals surface area contributed by atoms with Gasteiger partial charge in [-0.2, -0.15) is 0 Å². The van der Waals surface area contributed by atoms with E-state index in [0.29, 0.717) is 6.42 Å². The highest BCUT2D eigenvalue weighted by molar-refractivity contribution is 5.76. The second kappa shape index (κ2) is 33.3. The summed E-state index contributed by atoms with van der Waals surface area (Å²) in [6.45, 7) is 3.70. The molecule has 9 nitrogen and oxygen atoms in total. The fourth-order valence-corrected chi connectivity index (χ4v) is 6.58. The van der Waals surface area contributed by atoms with Crippen LogP contribution in [0.5, 0.6) is 0 Å². The lowest BCUT2D eigenvalue weighted by molar-refractivity contribution is -0.302. The van der Waals surface area contributed by atoms with Crippen LogP contribution in [-0.4, -0.2) is 87.5 Å². The van der Waals surface area contributed by atoms with E-state index in [0.717, 1.165) is 38.5 Å². The molecule has 0 radical (unpaired) electrons. The maximum atomic E-state index is 12.9. The summed E-state index contributed by atoms with van der Waals surface area (Å²) in [4.78, 5) is 12.9. The Balaban J connectivity index is 2.32. The van der Waals surface area contributed by atoms with E-state index < -0.39 is 49.5 Å². The number of unbranched alkanes of at least 4 members (excludes halogenated alkanes) is 22. The maximum Gasteiger partial charge on any atom is 0.220 e. The summed E-state index contributed by atoms with van der Waals surface area (Å²) in [5.74, 6) is -0.188. The van der Waals surface area contributed by atoms with Gasteiger partial charge in [0.1, 0.15) is 24.4 Å². The van der Waals surface area contributed by atoms with Crippen LogP contribution in [0.15, 0.2) is 24.3 Å². The number of aliphatic hydroxyl groups excluding tert-OH is 5. The SMILES string of the molecule is CCCCC/C=C/CC/C=C/C(O)C(COC1OC(CO)C(O)C(O)C1O)NC(=O)CCCCCCCCCCCCCCCCCCCCC. The van der Waals surface area contributed by atoms with Crippen molar-refractivity contribution < 1.29 is 39.8 Å². The third-order valence-corrected chi connectivity index (χ3v) is 10.0. The molecule has 0 spiro atoms. The van der Waals surface area contributed by atoms with Gasteiger partial charge < -0.3 is 40.3 Å². The molecule has 7 unspecified atom stereocenters. The Bertz CT molecular complexity index is 853. The first-order chi connectivity index (χ1) is 24.8. The highest BCUT2D eigenvalue weighted by Crippen LogP contribution is 2.22. The van der Waals surface area contributed by atoms with Crippen LogP contribution in [0.4, 0.5) is 0 Å². The summed E-state index contributed by atoms with van der Waals surface area (Å²) in [5.41, 5.74) is 0. The number of carbonyl (C=O) groups excluding carboxylic acids is 1. The van der Waals surface area contributed by atoms with Crippen molar-refractivity contribution in [3.63, 3.8) is 0 Å². The minimum Gasteiger partial charge on any atom is -0.394 e. The van der Waals surface area contributed by atoms with Gasteiger partial charge in [0.25, 0.3) is 0 Å². The Kier molecular flexibility index (Phi) is 31.1. The maximum absolute atomic E-state index is 12.9. The molecule has 9 heteroatoms. The number of hydrogen-bond donors (Lipinski definition) is 6. The van der Waals surface area contributed by atoms with Gasteiger partial charge in [-0.25, -0.2) is 0 Å². The van der Waals surface area contributed by atoms with Crippen LogP contribution in [0.25, 0.3) is 0 Å². The summed E-state index contributed by atoms with van der Waals surface area (Å²) < 4.78 is 11.1. The van der Waals surface area contributed by atoms with Crippen LogP contribution in [0.1, 0.15) is 181 Å². The summed E-state index contributed by atoms with van der Waals surface area (Å²) >= 11 is 0. The standard InChI is InChI=1S/C42H79NO8/c1-3-5-7-9-11-13-14-15-16-17-18-19-20-21-22-24-26-28-30-32-38(46)43-35(36(45)31-29-27-25-23-12-10-8-6-4-2)34-50-42-41(49)40(48)39(47)37(33-44)51-42/h12,23,29,31,35-37,39-42,44-45,47-49H,3-11,13-22,24-28,30,32-34H2,1-2H3,(H,43,46)/b23-12+,31-29+. The topological polar surface area (TPSA) is 149 Å². The van der Waals surface area contributed by atoms with Gasteiger partial charge in [-0.15, -0.1) is 0 Å². The van der Waals surface area contributed by atoms with Gasteiger partial charge in [0.2, 0.25) is 5.91 Å². The normalized spacial score (nSPS) is 22.2. The van der Waals surface area contributed by atoms with Crippen molar-refractivity contribution in [3.8, 4) is 0 Å². The van der Waals surface area contributed by atoms with Crippen molar-refractivity contribution in [3.05, 3.63) is 24.3 Å². The van der Waals surface area contributed by atoms with Crippen molar-refractivity contribution in [1.82, 2.24) is 5.32 Å². The zero-order valence-electron chi connectivity index (χ0n) is 32.6.